The molecule has 0 amide bonds. The van der Waals surface area contributed by atoms with Crippen molar-refractivity contribution in [2.24, 2.45) is 11.8 Å². The first kappa shape index (κ1) is 14.9. The van der Waals surface area contributed by atoms with Gasteiger partial charge < -0.3 is 0 Å². The van der Waals surface area contributed by atoms with Gasteiger partial charge in [0.2, 0.25) is 0 Å². The van der Waals surface area contributed by atoms with Gasteiger partial charge in [-0.3, -0.25) is 11.3 Å². The highest BCUT2D eigenvalue weighted by molar-refractivity contribution is 9.10. The van der Waals surface area contributed by atoms with Crippen molar-refractivity contribution < 1.29 is 8.78 Å². The number of hydrogen-bond acceptors (Lipinski definition) is 2. The van der Waals surface area contributed by atoms with Crippen LogP contribution in [-0.4, -0.2) is 6.04 Å². The van der Waals surface area contributed by atoms with Gasteiger partial charge in [0.15, 0.2) is 0 Å². The quantitative estimate of drug-likeness (QED) is 0.490. The number of nitrogens with two attached hydrogens (primary N) is 1. The summed E-state index contributed by atoms with van der Waals surface area (Å²) in [6.07, 6.45) is 6.05. The highest BCUT2D eigenvalue weighted by Crippen LogP contribution is 2.30. The Bertz CT molecular complexity index is 434. The fourth-order valence-electron chi connectivity index (χ4n) is 2.86. The predicted molar refractivity (Wildman–Crippen MR) is 75.4 cm³/mol. The van der Waals surface area contributed by atoms with Crippen LogP contribution in [0, 0.1) is 17.6 Å². The molecule has 2 nitrogen and oxygen atoms in total. The zero-order chi connectivity index (χ0) is 13.8. The Balaban J connectivity index is 2.07. The second-order valence-electron chi connectivity index (χ2n) is 5.28. The van der Waals surface area contributed by atoms with Crippen LogP contribution in [0.1, 0.15) is 37.7 Å². The average molecular weight is 333 g/mol. The van der Waals surface area contributed by atoms with Crippen LogP contribution in [0.2, 0.25) is 0 Å². The molecule has 1 fully saturated rings. The van der Waals surface area contributed by atoms with Crippen LogP contribution in [0.5, 0.6) is 0 Å². The minimum atomic E-state index is -0.522. The van der Waals surface area contributed by atoms with Gasteiger partial charge in [-0.05, 0) is 46.8 Å². The van der Waals surface area contributed by atoms with Crippen LogP contribution in [-0.2, 0) is 6.42 Å². The summed E-state index contributed by atoms with van der Waals surface area (Å²) in [5.74, 6) is 5.13. The van der Waals surface area contributed by atoms with Crippen LogP contribution in [0.15, 0.2) is 16.6 Å². The molecule has 1 atom stereocenters. The third kappa shape index (κ3) is 3.74. The smallest absolute Gasteiger partial charge is 0.143 e. The zero-order valence-electron chi connectivity index (χ0n) is 10.8. The molecule has 106 valence electrons. The summed E-state index contributed by atoms with van der Waals surface area (Å²) >= 11 is 3.09. The first-order valence-corrected chi connectivity index (χ1v) is 7.49. The monoisotopic (exact) mass is 332 g/mol. The lowest BCUT2D eigenvalue weighted by atomic mass is 9.94. The molecule has 0 radical (unpaired) electrons. The molecule has 1 aliphatic rings. The minimum absolute atomic E-state index is 0.0820. The van der Waals surface area contributed by atoms with Gasteiger partial charge in [-0.1, -0.05) is 25.7 Å². The van der Waals surface area contributed by atoms with E-state index in [-0.39, 0.29) is 18.0 Å². The molecule has 1 aromatic rings. The molecule has 0 heterocycles. The second-order valence-corrected chi connectivity index (χ2v) is 6.13. The largest absolute Gasteiger partial charge is 0.271 e. The topological polar surface area (TPSA) is 38.0 Å². The summed E-state index contributed by atoms with van der Waals surface area (Å²) in [6.45, 7) is 0. The average Bonchev–Trinajstić information content (AvgIpc) is 2.90. The third-order valence-electron chi connectivity index (χ3n) is 3.92. The van der Waals surface area contributed by atoms with Crippen molar-refractivity contribution >= 4 is 15.9 Å². The molecule has 0 aromatic heterocycles. The van der Waals surface area contributed by atoms with Crippen molar-refractivity contribution in [3.05, 3.63) is 33.8 Å². The molecule has 5 heteroatoms. The van der Waals surface area contributed by atoms with Crippen molar-refractivity contribution in [2.45, 2.75) is 44.6 Å². The van der Waals surface area contributed by atoms with Gasteiger partial charge in [-0.25, -0.2) is 8.78 Å². The molecule has 2 rings (SSSR count). The Morgan fingerprint density at radius 2 is 2.00 bits per heavy atom. The Labute approximate surface area is 120 Å². The second kappa shape index (κ2) is 6.77. The lowest BCUT2D eigenvalue weighted by Crippen LogP contribution is -2.38. The molecule has 0 saturated heterocycles. The van der Waals surface area contributed by atoms with Crippen molar-refractivity contribution in [1.29, 1.82) is 0 Å². The van der Waals surface area contributed by atoms with E-state index in [0.29, 0.717) is 10.4 Å². The van der Waals surface area contributed by atoms with E-state index in [9.17, 15) is 8.78 Å². The van der Waals surface area contributed by atoms with Crippen LogP contribution >= 0.6 is 15.9 Å². The lowest BCUT2D eigenvalue weighted by molar-refractivity contribution is 0.381. The summed E-state index contributed by atoms with van der Waals surface area (Å²) in [6, 6.07) is 2.59. The maximum Gasteiger partial charge on any atom is 0.143 e. The predicted octanol–water partition coefficient (Wildman–Crippen LogP) is 3.68. The van der Waals surface area contributed by atoms with E-state index in [2.05, 4.69) is 21.4 Å². The van der Waals surface area contributed by atoms with Gasteiger partial charge in [0.25, 0.3) is 0 Å². The Hall–Kier alpha value is -0.520. The van der Waals surface area contributed by atoms with Gasteiger partial charge in [0, 0.05) is 11.6 Å². The highest BCUT2D eigenvalue weighted by atomic mass is 79.9. The van der Waals surface area contributed by atoms with E-state index in [1.54, 1.807) is 0 Å². The van der Waals surface area contributed by atoms with Crippen LogP contribution < -0.4 is 11.3 Å². The number of halogens is 3. The van der Waals surface area contributed by atoms with Crippen molar-refractivity contribution in [3.63, 3.8) is 0 Å². The fourth-order valence-corrected chi connectivity index (χ4v) is 3.23. The highest BCUT2D eigenvalue weighted by Gasteiger charge is 2.22. The minimum Gasteiger partial charge on any atom is -0.271 e. The Kier molecular flexibility index (Phi) is 5.30. The SMILES string of the molecule is NNC(Cc1c(F)ccc(Br)c1F)CC1CCCC1. The summed E-state index contributed by atoms with van der Waals surface area (Å²) < 4.78 is 27.9. The molecular formula is C14H19BrF2N2. The lowest BCUT2D eigenvalue weighted by Gasteiger charge is -2.20. The number of rotatable bonds is 5. The maximum absolute atomic E-state index is 13.9. The number of nitrogens with one attached hydrogen (secondary N) is 1. The summed E-state index contributed by atoms with van der Waals surface area (Å²) in [5.41, 5.74) is 2.81. The van der Waals surface area contributed by atoms with Gasteiger partial charge in [-0.15, -0.1) is 0 Å². The maximum atomic E-state index is 13.9. The van der Waals surface area contributed by atoms with Crippen LogP contribution in [0.3, 0.4) is 0 Å². The van der Waals surface area contributed by atoms with E-state index >= 15 is 0 Å². The van der Waals surface area contributed by atoms with Gasteiger partial charge in [-0.2, -0.15) is 0 Å². The van der Waals surface area contributed by atoms with Crippen molar-refractivity contribution in [1.82, 2.24) is 5.43 Å². The fraction of sp³-hybridized carbons (Fsp3) is 0.571. The summed E-state index contributed by atoms with van der Waals surface area (Å²) in [7, 11) is 0. The molecule has 0 bridgehead atoms. The van der Waals surface area contributed by atoms with Gasteiger partial charge in [0.05, 0.1) is 4.47 Å². The molecule has 19 heavy (non-hydrogen) atoms. The molecule has 0 aliphatic heterocycles. The van der Waals surface area contributed by atoms with Crippen LogP contribution in [0.4, 0.5) is 8.78 Å². The van der Waals surface area contributed by atoms with Gasteiger partial charge >= 0.3 is 0 Å². The van der Waals surface area contributed by atoms with E-state index in [1.165, 1.54) is 37.8 Å². The Morgan fingerprint density at radius 1 is 1.32 bits per heavy atom. The Morgan fingerprint density at radius 3 is 2.63 bits per heavy atom. The van der Waals surface area contributed by atoms with E-state index in [0.717, 1.165) is 6.42 Å². The molecular weight excluding hydrogens is 314 g/mol. The molecule has 1 unspecified atom stereocenters. The van der Waals surface area contributed by atoms with Crippen molar-refractivity contribution in [2.75, 3.05) is 0 Å². The molecule has 1 aromatic carbocycles. The number of hydrogen-bond donors (Lipinski definition) is 2. The molecule has 1 aliphatic carbocycles. The van der Waals surface area contributed by atoms with E-state index < -0.39 is 11.6 Å². The van der Waals surface area contributed by atoms with E-state index in [4.69, 9.17) is 5.84 Å². The first-order chi connectivity index (χ1) is 9.11. The van der Waals surface area contributed by atoms with E-state index in [1.807, 2.05) is 0 Å². The summed E-state index contributed by atoms with van der Waals surface area (Å²) in [5, 5.41) is 0. The zero-order valence-corrected chi connectivity index (χ0v) is 12.3. The number of benzene rings is 1. The standard InChI is InChI=1S/C14H19BrF2N2/c15-12-5-6-13(16)11(14(12)17)8-10(19-18)7-9-3-1-2-4-9/h5-6,9-10,19H,1-4,7-8,18H2. The molecule has 0 spiro atoms. The summed E-state index contributed by atoms with van der Waals surface area (Å²) in [4.78, 5) is 0. The molecule has 3 N–H and O–H groups in total. The first-order valence-electron chi connectivity index (χ1n) is 6.70. The van der Waals surface area contributed by atoms with Crippen molar-refractivity contribution in [3.8, 4) is 0 Å². The number of hydrazine groups is 1. The van der Waals surface area contributed by atoms with Gasteiger partial charge in [0.1, 0.15) is 11.6 Å². The molecule has 1 saturated carbocycles. The van der Waals surface area contributed by atoms with Crippen LogP contribution in [0.25, 0.3) is 0 Å². The normalized spacial score (nSPS) is 17.9. The third-order valence-corrected chi connectivity index (χ3v) is 4.53.